The van der Waals surface area contributed by atoms with E-state index in [9.17, 15) is 9.59 Å². The molecule has 4 nitrogen and oxygen atoms in total. The van der Waals surface area contributed by atoms with Crippen molar-refractivity contribution in [2.45, 2.75) is 114 Å². The van der Waals surface area contributed by atoms with Gasteiger partial charge in [0.25, 0.3) is 0 Å². The van der Waals surface area contributed by atoms with E-state index in [1.165, 1.54) is 0 Å². The van der Waals surface area contributed by atoms with Gasteiger partial charge in [-0.25, -0.2) is 0 Å². The van der Waals surface area contributed by atoms with E-state index in [0.717, 1.165) is 64.2 Å². The number of hydrogen-bond donors (Lipinski definition) is 0. The first kappa shape index (κ1) is 23.5. The van der Waals surface area contributed by atoms with Crippen LogP contribution >= 0.6 is 0 Å². The SMILES string of the molecule is C=CCC(C)CC(C(C)(C)C(=O)OC)[C]12[CH]3[CH]4[CH]5[CH]1[Fe]45321678[CH]2[CH]1[CH]6[C]7(C(CC(C)CC=C)C(C)(C)C(=O)OC)[CH]28. The molecule has 5 heteroatoms. The molecule has 39 heavy (non-hydrogen) atoms. The van der Waals surface area contributed by atoms with Gasteiger partial charge in [0.2, 0.25) is 0 Å². The molecule has 10 fully saturated rings. The van der Waals surface area contributed by atoms with E-state index in [-0.39, 0.29) is 11.9 Å². The summed E-state index contributed by atoms with van der Waals surface area (Å²) in [5, 5.41) is 0. The van der Waals surface area contributed by atoms with Gasteiger partial charge in [0, 0.05) is 0 Å². The van der Waals surface area contributed by atoms with Gasteiger partial charge in [-0.15, -0.1) is 0 Å². The molecule has 0 aromatic carbocycles. The molecule has 0 amide bonds. The number of methoxy groups -OCH3 is 2. The van der Waals surface area contributed by atoms with Crippen LogP contribution in [-0.4, -0.2) is 26.2 Å². The minimum absolute atomic E-state index is 0.00522. The van der Waals surface area contributed by atoms with Crippen molar-refractivity contribution < 1.29 is 25.6 Å². The fraction of sp³-hybridized carbons (Fsp3) is 0.824. The molecule has 0 aliphatic carbocycles. The maximum absolute atomic E-state index is 13.6. The Bertz CT molecular complexity index is 1560. The second-order valence-electron chi connectivity index (χ2n) is 19.2. The third-order valence-corrected chi connectivity index (χ3v) is 65.1. The molecule has 10 heterocycles. The van der Waals surface area contributed by atoms with Gasteiger partial charge in [0.05, 0.1) is 0 Å². The number of hydrogen-bond acceptors (Lipinski definition) is 4. The average molecular weight is 579 g/mol. The zero-order valence-corrected chi connectivity index (χ0v) is 26.4. The summed E-state index contributed by atoms with van der Waals surface area (Å²) in [6, 6.07) is 0. The molecule has 12 unspecified atom stereocenters. The third-order valence-electron chi connectivity index (χ3n) is 21.7. The monoisotopic (exact) mass is 578 g/mol. The Hall–Kier alpha value is -1.06. The summed E-state index contributed by atoms with van der Waals surface area (Å²) in [6.07, 6.45) is 8.42. The van der Waals surface area contributed by atoms with Crippen LogP contribution in [0.1, 0.15) is 67.2 Å². The van der Waals surface area contributed by atoms with Crippen LogP contribution in [0.25, 0.3) is 0 Å². The topological polar surface area (TPSA) is 52.6 Å². The number of esters is 2. The Labute approximate surface area is 225 Å². The first-order chi connectivity index (χ1) is 18.1. The van der Waals surface area contributed by atoms with E-state index in [0.29, 0.717) is 32.3 Å². The molecule has 10 rings (SSSR count). The van der Waals surface area contributed by atoms with Crippen LogP contribution in [0, 0.1) is 34.5 Å². The number of rotatable bonds is 14. The molecule has 10 saturated heterocycles. The summed E-state index contributed by atoms with van der Waals surface area (Å²) >= 11 is 0. The van der Waals surface area contributed by atoms with Crippen molar-refractivity contribution in [3.63, 3.8) is 0 Å². The van der Waals surface area contributed by atoms with Crippen molar-refractivity contribution in [1.29, 1.82) is 0 Å². The van der Waals surface area contributed by atoms with Crippen LogP contribution in [0.4, 0.5) is 0 Å². The van der Waals surface area contributed by atoms with Crippen molar-refractivity contribution >= 4 is 11.9 Å². The molecule has 0 bridgehead atoms. The van der Waals surface area contributed by atoms with Gasteiger partial charge in [0.1, 0.15) is 0 Å². The fourth-order valence-corrected chi connectivity index (χ4v) is 102. The van der Waals surface area contributed by atoms with E-state index in [4.69, 9.17) is 9.47 Å². The quantitative estimate of drug-likeness (QED) is 0.117. The Kier molecular flexibility index (Phi) is 2.07. The van der Waals surface area contributed by atoms with Gasteiger partial charge in [-0.05, 0) is 0 Å². The van der Waals surface area contributed by atoms with Crippen molar-refractivity contribution in [3.8, 4) is 0 Å². The first-order valence-corrected chi connectivity index (χ1v) is 21.9. The summed E-state index contributed by atoms with van der Waals surface area (Å²) < 4.78 is 12.1. The van der Waals surface area contributed by atoms with Crippen LogP contribution in [0.3, 0.4) is 0 Å². The Morgan fingerprint density at radius 1 is 0.744 bits per heavy atom. The van der Waals surface area contributed by atoms with Gasteiger partial charge in [-0.1, -0.05) is 0 Å². The molecule has 10 aliphatic heterocycles. The number of fused-ring (bicyclic) bond motifs is 10. The molecule has 0 aromatic heterocycles. The summed E-state index contributed by atoms with van der Waals surface area (Å²) in [6.45, 7) is 17.6. The van der Waals surface area contributed by atoms with E-state index in [1.54, 1.807) is 14.2 Å². The Morgan fingerprint density at radius 3 is 1.28 bits per heavy atom. The predicted octanol–water partition coefficient (Wildman–Crippen LogP) is 8.95. The second kappa shape index (κ2) is 3.43. The van der Waals surface area contributed by atoms with E-state index >= 15 is 0 Å². The molecular weight excluding hydrogens is 528 g/mol. The number of allylic oxidation sites excluding steroid dienone is 2. The zero-order valence-electron chi connectivity index (χ0n) is 25.3. The number of carbonyl (C=O) groups excluding carboxylic acids is 2. The summed E-state index contributed by atoms with van der Waals surface area (Å²) in [4.78, 5) is 35.4. The van der Waals surface area contributed by atoms with Gasteiger partial charge >= 0.3 is 226 Å². The molecule has 0 radical (unpaired) electrons. The van der Waals surface area contributed by atoms with Gasteiger partial charge in [-0.2, -0.15) is 0 Å². The molecule has 218 valence electrons. The zero-order chi connectivity index (χ0) is 28.1. The molecule has 0 N–H and O–H groups in total. The van der Waals surface area contributed by atoms with Gasteiger partial charge in [-0.3, -0.25) is 0 Å². The molecule has 0 aromatic rings. The standard InChI is InChI=1S/2C17H25O2.Fe/c2*1-6-9-13(2)12-15(14-10-7-8-11-14)17(3,4)16(18)19-5;/h2*6-8,10-11,13,15H,1,9,12H2,2-5H3;. The van der Waals surface area contributed by atoms with Crippen molar-refractivity contribution in [3.05, 3.63) is 25.3 Å². The van der Waals surface area contributed by atoms with Crippen molar-refractivity contribution in [2.75, 3.05) is 14.2 Å². The average Bonchev–Trinajstić information content (AvgIpc) is 3.84. The van der Waals surface area contributed by atoms with Crippen LogP contribution in [0.15, 0.2) is 25.3 Å². The normalized spacial score (nSPS) is 64.3. The maximum atomic E-state index is 13.6. The first-order valence-electron chi connectivity index (χ1n) is 15.7. The molecule has 0 saturated carbocycles. The van der Waals surface area contributed by atoms with Gasteiger partial charge < -0.3 is 0 Å². The van der Waals surface area contributed by atoms with Crippen molar-refractivity contribution in [2.24, 2.45) is 34.5 Å². The number of carbonyl (C=O) groups is 2. The Balaban J connectivity index is 1.18. The number of ether oxygens (including phenoxy) is 2. The summed E-state index contributed by atoms with van der Waals surface area (Å²) in [5.74, 6) is 1.89. The fourth-order valence-electron chi connectivity index (χ4n) is 23.2. The van der Waals surface area contributed by atoms with E-state index < -0.39 is 17.3 Å². The minimum atomic E-state index is -4.14. The summed E-state index contributed by atoms with van der Waals surface area (Å²) in [5.41, 5.74) is -0.931. The van der Waals surface area contributed by atoms with Crippen LogP contribution in [-0.2, 0) is 25.6 Å². The van der Waals surface area contributed by atoms with Crippen LogP contribution in [0.5, 0.6) is 0 Å². The van der Waals surface area contributed by atoms with Crippen LogP contribution in [0.2, 0.25) is 47.2 Å². The van der Waals surface area contributed by atoms with Crippen molar-refractivity contribution in [1.82, 2.24) is 0 Å². The van der Waals surface area contributed by atoms with Crippen LogP contribution < -0.4 is 0 Å². The summed E-state index contributed by atoms with van der Waals surface area (Å²) in [7, 11) is 3.18. The van der Waals surface area contributed by atoms with E-state index in [1.807, 2.05) is 0 Å². The second-order valence-corrected chi connectivity index (χ2v) is 42.4. The molecule has 10 aliphatic rings. The molecular formula is C34H50FeO4. The van der Waals surface area contributed by atoms with E-state index in [2.05, 4.69) is 66.9 Å². The molecule has 12 atom stereocenters. The molecule has 1 spiro atoms. The third kappa shape index (κ3) is 0.580. The predicted molar refractivity (Wildman–Crippen MR) is 151 cm³/mol. The van der Waals surface area contributed by atoms with Gasteiger partial charge in [0.15, 0.2) is 0 Å². The Morgan fingerprint density at radius 2 is 1.05 bits per heavy atom.